The summed E-state index contributed by atoms with van der Waals surface area (Å²) in [5, 5.41) is 0. The van der Waals surface area contributed by atoms with E-state index in [4.69, 9.17) is 5.73 Å². The molecule has 5 nitrogen and oxygen atoms in total. The molecule has 26 heavy (non-hydrogen) atoms. The summed E-state index contributed by atoms with van der Waals surface area (Å²) >= 11 is 0. The molecule has 0 spiro atoms. The Balaban J connectivity index is 0.00000243. The highest BCUT2D eigenvalue weighted by molar-refractivity contribution is 5.94. The highest BCUT2D eigenvalue weighted by Crippen LogP contribution is 2.27. The highest BCUT2D eigenvalue weighted by Gasteiger charge is 2.30. The van der Waals surface area contributed by atoms with Gasteiger partial charge in [0, 0.05) is 44.2 Å². The summed E-state index contributed by atoms with van der Waals surface area (Å²) in [6.07, 6.45) is 3.53. The van der Waals surface area contributed by atoms with Gasteiger partial charge in [0.05, 0.1) is 0 Å². The second-order valence-electron chi connectivity index (χ2n) is 6.86. The predicted molar refractivity (Wildman–Crippen MR) is 96.0 cm³/mol. The lowest BCUT2D eigenvalue weighted by atomic mass is 9.99. The number of hydrogen-bond acceptors (Lipinski definition) is 3. The van der Waals surface area contributed by atoms with Gasteiger partial charge in [-0.1, -0.05) is 6.42 Å². The minimum absolute atomic E-state index is 0. The maximum atomic E-state index is 13.3. The monoisotopic (exact) mass is 387 g/mol. The van der Waals surface area contributed by atoms with Gasteiger partial charge in [0.25, 0.3) is 5.91 Å². The van der Waals surface area contributed by atoms with Crippen molar-refractivity contribution in [2.75, 3.05) is 26.2 Å². The Morgan fingerprint density at radius 2 is 1.69 bits per heavy atom. The van der Waals surface area contributed by atoms with Crippen molar-refractivity contribution in [3.63, 3.8) is 0 Å². The topological polar surface area (TPSA) is 66.6 Å². The van der Waals surface area contributed by atoms with Crippen molar-refractivity contribution in [3.8, 4) is 0 Å². The second kappa shape index (κ2) is 8.77. The molecule has 2 N–H and O–H groups in total. The number of nitrogens with zero attached hydrogens (tertiary/aromatic N) is 2. The fourth-order valence-corrected chi connectivity index (χ4v) is 3.64. The zero-order chi connectivity index (χ0) is 18.0. The summed E-state index contributed by atoms with van der Waals surface area (Å²) in [5.74, 6) is -2.01. The minimum atomic E-state index is -1.03. The lowest BCUT2D eigenvalue weighted by Gasteiger charge is -2.35. The van der Waals surface area contributed by atoms with Gasteiger partial charge in [-0.3, -0.25) is 9.59 Å². The number of piperazine rings is 1. The highest BCUT2D eigenvalue weighted by atomic mass is 35.5. The smallest absolute Gasteiger partial charge is 0.254 e. The van der Waals surface area contributed by atoms with Crippen molar-refractivity contribution in [3.05, 3.63) is 35.4 Å². The van der Waals surface area contributed by atoms with Crippen molar-refractivity contribution < 1.29 is 18.4 Å². The molecule has 1 aromatic rings. The van der Waals surface area contributed by atoms with Crippen LogP contribution in [0.5, 0.6) is 0 Å². The Morgan fingerprint density at radius 1 is 1.04 bits per heavy atom. The maximum Gasteiger partial charge on any atom is 0.254 e. The summed E-state index contributed by atoms with van der Waals surface area (Å²) in [6, 6.07) is 3.25. The van der Waals surface area contributed by atoms with E-state index < -0.39 is 11.6 Å². The first-order valence-electron chi connectivity index (χ1n) is 8.73. The molecule has 1 heterocycles. The van der Waals surface area contributed by atoms with Crippen LogP contribution in [0.1, 0.15) is 36.0 Å². The van der Waals surface area contributed by atoms with Crippen molar-refractivity contribution in [2.45, 2.75) is 31.7 Å². The van der Waals surface area contributed by atoms with Crippen molar-refractivity contribution in [1.82, 2.24) is 9.80 Å². The molecule has 2 atom stereocenters. The number of amides is 2. The molecule has 1 saturated carbocycles. The van der Waals surface area contributed by atoms with Crippen LogP contribution in [0.25, 0.3) is 0 Å². The molecule has 8 heteroatoms. The minimum Gasteiger partial charge on any atom is -0.339 e. The third-order valence-corrected chi connectivity index (χ3v) is 5.24. The van der Waals surface area contributed by atoms with Crippen LogP contribution in [-0.4, -0.2) is 53.8 Å². The molecular formula is C18H24ClF2N3O2. The molecular weight excluding hydrogens is 364 g/mol. The Hall–Kier alpha value is -1.73. The molecule has 1 aliphatic carbocycles. The van der Waals surface area contributed by atoms with Crippen LogP contribution in [0.2, 0.25) is 0 Å². The van der Waals surface area contributed by atoms with Crippen molar-refractivity contribution in [2.24, 2.45) is 11.7 Å². The standard InChI is InChI=1S/C18H23F2N3O2.ClH/c19-14-5-4-13(10-15(14)20)18(25)23-8-6-22(7-9-23)17(24)11-12-2-1-3-16(12)21;/h4-5,10,12,16H,1-3,6-9,11,21H2;1H/t12-,16+;/m0./s1. The average molecular weight is 388 g/mol. The van der Waals surface area contributed by atoms with E-state index in [-0.39, 0.29) is 41.7 Å². The summed E-state index contributed by atoms with van der Waals surface area (Å²) in [4.78, 5) is 28.1. The van der Waals surface area contributed by atoms with E-state index in [2.05, 4.69) is 0 Å². The molecule has 3 rings (SSSR count). The molecule has 1 aliphatic heterocycles. The van der Waals surface area contributed by atoms with Crippen molar-refractivity contribution >= 4 is 24.2 Å². The number of hydrogen-bond donors (Lipinski definition) is 1. The summed E-state index contributed by atoms with van der Waals surface area (Å²) in [7, 11) is 0. The Labute approximate surface area is 157 Å². The van der Waals surface area contributed by atoms with Crippen LogP contribution in [0.3, 0.4) is 0 Å². The number of halogens is 3. The lowest BCUT2D eigenvalue weighted by molar-refractivity contribution is -0.133. The Kier molecular flexibility index (Phi) is 6.94. The predicted octanol–water partition coefficient (Wildman–Crippen LogP) is 2.19. The molecule has 144 valence electrons. The molecule has 1 aromatic carbocycles. The number of benzene rings is 1. The zero-order valence-corrected chi connectivity index (χ0v) is 15.3. The largest absolute Gasteiger partial charge is 0.339 e. The first-order chi connectivity index (χ1) is 12.0. The molecule has 2 fully saturated rings. The van der Waals surface area contributed by atoms with Gasteiger partial charge in [-0.05, 0) is 37.0 Å². The van der Waals surface area contributed by atoms with Gasteiger partial charge in [0.2, 0.25) is 5.91 Å². The Morgan fingerprint density at radius 3 is 2.27 bits per heavy atom. The SMILES string of the molecule is Cl.N[C@@H]1CCC[C@H]1CC(=O)N1CCN(C(=O)c2ccc(F)c(F)c2)CC1. The maximum absolute atomic E-state index is 13.3. The van der Waals surface area contributed by atoms with E-state index in [1.54, 1.807) is 9.80 Å². The van der Waals surface area contributed by atoms with Gasteiger partial charge >= 0.3 is 0 Å². The third-order valence-electron chi connectivity index (χ3n) is 5.24. The second-order valence-corrected chi connectivity index (χ2v) is 6.86. The third kappa shape index (κ3) is 4.51. The molecule has 0 unspecified atom stereocenters. The van der Waals surface area contributed by atoms with Crippen LogP contribution >= 0.6 is 12.4 Å². The van der Waals surface area contributed by atoms with Gasteiger partial charge in [-0.2, -0.15) is 0 Å². The summed E-state index contributed by atoms with van der Waals surface area (Å²) < 4.78 is 26.3. The van der Waals surface area contributed by atoms with E-state index in [0.29, 0.717) is 32.6 Å². The average Bonchev–Trinajstić information content (AvgIpc) is 3.01. The van der Waals surface area contributed by atoms with Crippen LogP contribution < -0.4 is 5.73 Å². The summed E-state index contributed by atoms with van der Waals surface area (Å²) in [6.45, 7) is 1.69. The van der Waals surface area contributed by atoms with Gasteiger partial charge < -0.3 is 15.5 Å². The van der Waals surface area contributed by atoms with E-state index >= 15 is 0 Å². The lowest BCUT2D eigenvalue weighted by Crippen LogP contribution is -2.51. The van der Waals surface area contributed by atoms with Crippen LogP contribution in [0.4, 0.5) is 8.78 Å². The fraction of sp³-hybridized carbons (Fsp3) is 0.556. The van der Waals surface area contributed by atoms with Crippen LogP contribution in [0, 0.1) is 17.6 Å². The van der Waals surface area contributed by atoms with E-state index in [1.165, 1.54) is 6.07 Å². The molecule has 0 aromatic heterocycles. The summed E-state index contributed by atoms with van der Waals surface area (Å²) in [5.41, 5.74) is 6.15. The Bertz CT molecular complexity index is 666. The van der Waals surface area contributed by atoms with E-state index in [9.17, 15) is 18.4 Å². The van der Waals surface area contributed by atoms with E-state index in [0.717, 1.165) is 31.4 Å². The molecule has 0 radical (unpaired) electrons. The number of nitrogens with two attached hydrogens (primary N) is 1. The normalized spacial score (nSPS) is 22.9. The number of carbonyl (C=O) groups is 2. The first-order valence-corrected chi connectivity index (χ1v) is 8.73. The van der Waals surface area contributed by atoms with Gasteiger partial charge in [-0.15, -0.1) is 12.4 Å². The van der Waals surface area contributed by atoms with Gasteiger partial charge in [-0.25, -0.2) is 8.78 Å². The molecule has 2 amide bonds. The van der Waals surface area contributed by atoms with Gasteiger partial charge in [0.1, 0.15) is 0 Å². The number of carbonyl (C=O) groups excluding carboxylic acids is 2. The van der Waals surface area contributed by atoms with Gasteiger partial charge in [0.15, 0.2) is 11.6 Å². The van der Waals surface area contributed by atoms with E-state index in [1.807, 2.05) is 0 Å². The molecule has 0 bridgehead atoms. The van der Waals surface area contributed by atoms with Crippen LogP contribution in [-0.2, 0) is 4.79 Å². The van der Waals surface area contributed by atoms with Crippen molar-refractivity contribution in [1.29, 1.82) is 0 Å². The number of rotatable bonds is 3. The molecule has 1 saturated heterocycles. The quantitative estimate of drug-likeness (QED) is 0.864. The first kappa shape index (κ1) is 20.6. The van der Waals surface area contributed by atoms with Crippen LogP contribution in [0.15, 0.2) is 18.2 Å². The zero-order valence-electron chi connectivity index (χ0n) is 14.5. The fourth-order valence-electron chi connectivity index (χ4n) is 3.64. The molecule has 2 aliphatic rings.